The molecule has 0 radical (unpaired) electrons. The molecule has 0 spiro atoms. The van der Waals surface area contributed by atoms with Crippen molar-refractivity contribution < 1.29 is 24.5 Å². The molecular formula is C51H95NO5. The van der Waals surface area contributed by atoms with Gasteiger partial charge >= 0.3 is 5.97 Å². The largest absolute Gasteiger partial charge is 0.462 e. The second-order valence-electron chi connectivity index (χ2n) is 16.9. The Labute approximate surface area is 353 Å². The number of hydrogen-bond acceptors (Lipinski definition) is 5. The average molecular weight is 802 g/mol. The van der Waals surface area contributed by atoms with Crippen LogP contribution < -0.4 is 5.32 Å². The molecule has 3 atom stereocenters. The van der Waals surface area contributed by atoms with Crippen LogP contribution in [-0.2, 0) is 14.3 Å². The van der Waals surface area contributed by atoms with Gasteiger partial charge in [0, 0.05) is 6.42 Å². The van der Waals surface area contributed by atoms with E-state index in [1.165, 1.54) is 135 Å². The summed E-state index contributed by atoms with van der Waals surface area (Å²) in [4.78, 5) is 26.0. The zero-order valence-corrected chi connectivity index (χ0v) is 38.0. The SMILES string of the molecule is CCCCCCCCC/C=C\CCCC(CC(=O)NC(CO)C(O)CCCCCCCCCCCC)OC(=O)CCCCC/C=C/C=C/CCCCCCCCC. The second-order valence-corrected chi connectivity index (χ2v) is 16.9. The number of aliphatic hydroxyl groups is 2. The van der Waals surface area contributed by atoms with Crippen LogP contribution >= 0.6 is 0 Å². The first kappa shape index (κ1) is 55.1. The van der Waals surface area contributed by atoms with Gasteiger partial charge in [0.05, 0.1) is 25.2 Å². The minimum atomic E-state index is -0.795. The van der Waals surface area contributed by atoms with E-state index in [-0.39, 0.29) is 24.9 Å². The molecule has 0 aromatic heterocycles. The highest BCUT2D eigenvalue weighted by molar-refractivity contribution is 5.77. The van der Waals surface area contributed by atoms with E-state index < -0.39 is 18.2 Å². The van der Waals surface area contributed by atoms with Crippen LogP contribution in [0.25, 0.3) is 0 Å². The number of unbranched alkanes of at least 4 members (excludes halogenated alkanes) is 27. The summed E-state index contributed by atoms with van der Waals surface area (Å²) in [6.07, 6.45) is 52.1. The van der Waals surface area contributed by atoms with Crippen molar-refractivity contribution in [1.29, 1.82) is 0 Å². The summed E-state index contributed by atoms with van der Waals surface area (Å²) in [7, 11) is 0. The number of hydrogen-bond donors (Lipinski definition) is 3. The Morgan fingerprint density at radius 2 is 0.912 bits per heavy atom. The lowest BCUT2D eigenvalue weighted by Gasteiger charge is -2.24. The van der Waals surface area contributed by atoms with Gasteiger partial charge in [-0.15, -0.1) is 0 Å². The van der Waals surface area contributed by atoms with Crippen LogP contribution in [0.15, 0.2) is 36.5 Å². The Hall–Kier alpha value is -1.92. The van der Waals surface area contributed by atoms with E-state index in [0.717, 1.165) is 70.6 Å². The fourth-order valence-electron chi connectivity index (χ4n) is 7.42. The normalized spacial score (nSPS) is 13.6. The predicted octanol–water partition coefficient (Wildman–Crippen LogP) is 14.5. The number of amides is 1. The van der Waals surface area contributed by atoms with Crippen LogP contribution in [0, 0.1) is 0 Å². The van der Waals surface area contributed by atoms with E-state index in [9.17, 15) is 19.8 Å². The lowest BCUT2D eigenvalue weighted by Crippen LogP contribution is -2.46. The molecule has 3 N–H and O–H groups in total. The standard InChI is InChI=1S/C51H95NO5/c1-4-7-10-13-16-19-22-24-25-26-27-29-32-35-38-41-44-51(56)57-47(42-39-36-33-30-28-23-20-17-14-11-8-5-2)45-50(55)52-48(46-53)49(54)43-40-37-34-31-21-18-15-12-9-6-3/h25-27,29-30,33,47-49,53-54H,4-24,28,31-32,34-46H2,1-3H3,(H,52,55)/b26-25+,29-27+,33-30-. The smallest absolute Gasteiger partial charge is 0.306 e. The number of rotatable bonds is 44. The first-order valence-corrected chi connectivity index (χ1v) is 24.7. The molecule has 0 aromatic carbocycles. The molecule has 6 heteroatoms. The zero-order chi connectivity index (χ0) is 41.7. The molecule has 0 heterocycles. The molecule has 6 nitrogen and oxygen atoms in total. The number of allylic oxidation sites excluding steroid dienone is 6. The number of ether oxygens (including phenoxy) is 1. The Balaban J connectivity index is 4.63. The van der Waals surface area contributed by atoms with Crippen LogP contribution in [0.5, 0.6) is 0 Å². The van der Waals surface area contributed by atoms with Gasteiger partial charge in [-0.2, -0.15) is 0 Å². The second kappa shape index (κ2) is 45.2. The first-order valence-electron chi connectivity index (χ1n) is 24.7. The van der Waals surface area contributed by atoms with E-state index >= 15 is 0 Å². The summed E-state index contributed by atoms with van der Waals surface area (Å²) in [5.41, 5.74) is 0. The molecule has 0 saturated heterocycles. The van der Waals surface area contributed by atoms with Crippen LogP contribution in [0.3, 0.4) is 0 Å². The lowest BCUT2D eigenvalue weighted by molar-refractivity contribution is -0.151. The molecule has 0 aromatic rings. The molecule has 0 rings (SSSR count). The Morgan fingerprint density at radius 3 is 1.39 bits per heavy atom. The Bertz CT molecular complexity index is 946. The first-order chi connectivity index (χ1) is 28.0. The third kappa shape index (κ3) is 40.6. The van der Waals surface area contributed by atoms with Gasteiger partial charge in [0.25, 0.3) is 0 Å². The molecule has 1 amide bonds. The quantitative estimate of drug-likeness (QED) is 0.0247. The van der Waals surface area contributed by atoms with Crippen molar-refractivity contribution >= 4 is 11.9 Å². The molecule has 57 heavy (non-hydrogen) atoms. The van der Waals surface area contributed by atoms with Crippen LogP contribution in [0.2, 0.25) is 0 Å². The maximum absolute atomic E-state index is 13.1. The van der Waals surface area contributed by atoms with Gasteiger partial charge in [-0.25, -0.2) is 0 Å². The summed E-state index contributed by atoms with van der Waals surface area (Å²) >= 11 is 0. The van der Waals surface area contributed by atoms with Gasteiger partial charge < -0.3 is 20.3 Å². The van der Waals surface area contributed by atoms with E-state index in [4.69, 9.17) is 4.74 Å². The minimum absolute atomic E-state index is 0.0478. The topological polar surface area (TPSA) is 95.9 Å². The minimum Gasteiger partial charge on any atom is -0.462 e. The van der Waals surface area contributed by atoms with Crippen molar-refractivity contribution in [2.24, 2.45) is 0 Å². The summed E-state index contributed by atoms with van der Waals surface area (Å²) in [5.74, 6) is -0.530. The number of aliphatic hydroxyl groups excluding tert-OH is 2. The van der Waals surface area contributed by atoms with E-state index in [2.05, 4.69) is 62.5 Å². The van der Waals surface area contributed by atoms with Crippen molar-refractivity contribution in [1.82, 2.24) is 5.32 Å². The van der Waals surface area contributed by atoms with E-state index in [1.54, 1.807) is 0 Å². The van der Waals surface area contributed by atoms with Gasteiger partial charge in [0.15, 0.2) is 0 Å². The molecule has 334 valence electrons. The van der Waals surface area contributed by atoms with Crippen molar-refractivity contribution in [3.05, 3.63) is 36.5 Å². The average Bonchev–Trinajstić information content (AvgIpc) is 3.20. The molecule has 0 aliphatic carbocycles. The summed E-state index contributed by atoms with van der Waals surface area (Å²) in [6.45, 7) is 6.44. The van der Waals surface area contributed by atoms with Crippen molar-refractivity contribution in [2.45, 2.75) is 270 Å². The fraction of sp³-hybridized carbons (Fsp3) is 0.843. The van der Waals surface area contributed by atoms with Crippen LogP contribution in [0.1, 0.15) is 252 Å². The van der Waals surface area contributed by atoms with Crippen molar-refractivity contribution in [3.63, 3.8) is 0 Å². The highest BCUT2D eigenvalue weighted by Gasteiger charge is 2.24. The number of nitrogens with one attached hydrogen (secondary N) is 1. The number of esters is 1. The van der Waals surface area contributed by atoms with Crippen LogP contribution in [-0.4, -0.2) is 46.9 Å². The maximum atomic E-state index is 13.1. The van der Waals surface area contributed by atoms with Gasteiger partial charge in [-0.05, 0) is 70.6 Å². The predicted molar refractivity (Wildman–Crippen MR) is 246 cm³/mol. The van der Waals surface area contributed by atoms with Crippen molar-refractivity contribution in [3.8, 4) is 0 Å². The highest BCUT2D eigenvalue weighted by atomic mass is 16.5. The number of carbonyl (C=O) groups is 2. The molecule has 0 bridgehead atoms. The maximum Gasteiger partial charge on any atom is 0.306 e. The van der Waals surface area contributed by atoms with Gasteiger partial charge in [-0.3, -0.25) is 9.59 Å². The number of carbonyl (C=O) groups excluding carboxylic acids is 2. The monoisotopic (exact) mass is 802 g/mol. The Morgan fingerprint density at radius 1 is 0.509 bits per heavy atom. The Kier molecular flexibility index (Phi) is 43.6. The van der Waals surface area contributed by atoms with Gasteiger partial charge in [0.1, 0.15) is 6.10 Å². The summed E-state index contributed by atoms with van der Waals surface area (Å²) in [5, 5.41) is 23.6. The molecular weight excluding hydrogens is 707 g/mol. The highest BCUT2D eigenvalue weighted by Crippen LogP contribution is 2.16. The summed E-state index contributed by atoms with van der Waals surface area (Å²) in [6, 6.07) is -0.711. The van der Waals surface area contributed by atoms with Crippen LogP contribution in [0.4, 0.5) is 0 Å². The third-order valence-corrected chi connectivity index (χ3v) is 11.2. The van der Waals surface area contributed by atoms with Gasteiger partial charge in [-0.1, -0.05) is 205 Å². The molecule has 0 fully saturated rings. The fourth-order valence-corrected chi connectivity index (χ4v) is 7.42. The molecule has 0 aliphatic rings. The molecule has 0 aliphatic heterocycles. The third-order valence-electron chi connectivity index (χ3n) is 11.2. The van der Waals surface area contributed by atoms with E-state index in [1.807, 2.05) is 0 Å². The summed E-state index contributed by atoms with van der Waals surface area (Å²) < 4.78 is 5.89. The van der Waals surface area contributed by atoms with Gasteiger partial charge in [0.2, 0.25) is 5.91 Å². The van der Waals surface area contributed by atoms with E-state index in [0.29, 0.717) is 19.3 Å². The van der Waals surface area contributed by atoms with Crippen molar-refractivity contribution in [2.75, 3.05) is 6.61 Å². The lowest BCUT2D eigenvalue weighted by atomic mass is 10.0. The molecule has 3 unspecified atom stereocenters. The molecule has 0 saturated carbocycles. The zero-order valence-electron chi connectivity index (χ0n) is 38.0.